The van der Waals surface area contributed by atoms with E-state index in [-0.39, 0.29) is 0 Å². The highest BCUT2D eigenvalue weighted by Crippen LogP contribution is 2.24. The molecule has 2 aromatic rings. The average molecular weight is 276 g/mol. The zero-order chi connectivity index (χ0) is 14.5. The molecule has 0 bridgehead atoms. The van der Waals surface area contributed by atoms with E-state index < -0.39 is 0 Å². The summed E-state index contributed by atoms with van der Waals surface area (Å²) in [4.78, 5) is 0. The number of aryl methyl sites for hydroxylation is 2. The summed E-state index contributed by atoms with van der Waals surface area (Å²) in [5.41, 5.74) is 8.80. The lowest BCUT2D eigenvalue weighted by Gasteiger charge is -2.08. The van der Waals surface area contributed by atoms with E-state index in [1.807, 2.05) is 25.1 Å². The zero-order valence-corrected chi connectivity index (χ0v) is 12.1. The number of hydrogen-bond donors (Lipinski definition) is 1. The zero-order valence-electron chi connectivity index (χ0n) is 12.1. The predicted molar refractivity (Wildman–Crippen MR) is 77.2 cm³/mol. The Morgan fingerprint density at radius 3 is 2.30 bits per heavy atom. The van der Waals surface area contributed by atoms with Gasteiger partial charge < -0.3 is 19.7 Å². The molecule has 5 nitrogen and oxygen atoms in total. The highest BCUT2D eigenvalue weighted by molar-refractivity contribution is 5.41. The normalized spacial score (nSPS) is 10.6. The Kier molecular flexibility index (Phi) is 4.50. The van der Waals surface area contributed by atoms with Gasteiger partial charge >= 0.3 is 0 Å². The van der Waals surface area contributed by atoms with E-state index in [1.165, 1.54) is 0 Å². The Bertz CT molecular complexity index is 556. The van der Waals surface area contributed by atoms with Gasteiger partial charge in [-0.3, -0.25) is 0 Å². The summed E-state index contributed by atoms with van der Waals surface area (Å²) in [5, 5.41) is 4.02. The number of hydrogen-bond acceptors (Lipinski definition) is 5. The maximum atomic E-state index is 5.74. The van der Waals surface area contributed by atoms with Crippen LogP contribution in [0.1, 0.15) is 23.7 Å². The highest BCUT2D eigenvalue weighted by atomic mass is 16.5. The molecular weight excluding hydrogens is 256 g/mol. The summed E-state index contributed by atoms with van der Waals surface area (Å²) in [6.07, 6.45) is 2.43. The fourth-order valence-corrected chi connectivity index (χ4v) is 2.20. The molecule has 0 fully saturated rings. The van der Waals surface area contributed by atoms with Crippen LogP contribution in [0.2, 0.25) is 0 Å². The summed E-state index contributed by atoms with van der Waals surface area (Å²) >= 11 is 0. The van der Waals surface area contributed by atoms with Crippen LogP contribution in [0.15, 0.2) is 22.7 Å². The lowest BCUT2D eigenvalue weighted by Crippen LogP contribution is -1.98. The molecule has 0 atom stereocenters. The molecule has 0 saturated heterocycles. The number of anilines is 1. The minimum atomic E-state index is 0.422. The van der Waals surface area contributed by atoms with Crippen molar-refractivity contribution < 1.29 is 14.0 Å². The van der Waals surface area contributed by atoms with Gasteiger partial charge in [-0.05, 0) is 37.0 Å². The van der Waals surface area contributed by atoms with Gasteiger partial charge in [-0.15, -0.1) is 0 Å². The molecule has 0 unspecified atom stereocenters. The van der Waals surface area contributed by atoms with E-state index >= 15 is 0 Å². The molecule has 1 heterocycles. The highest BCUT2D eigenvalue weighted by Gasteiger charge is 2.12. The molecule has 0 radical (unpaired) electrons. The summed E-state index contributed by atoms with van der Waals surface area (Å²) in [6.45, 7) is 2.04. The van der Waals surface area contributed by atoms with Crippen molar-refractivity contribution in [2.75, 3.05) is 20.0 Å². The van der Waals surface area contributed by atoms with Gasteiger partial charge in [0.1, 0.15) is 11.5 Å². The van der Waals surface area contributed by atoms with Crippen molar-refractivity contribution in [2.24, 2.45) is 0 Å². The monoisotopic (exact) mass is 276 g/mol. The molecule has 20 heavy (non-hydrogen) atoms. The Balaban J connectivity index is 2.14. The molecule has 5 heteroatoms. The van der Waals surface area contributed by atoms with Crippen LogP contribution in [-0.2, 0) is 19.3 Å². The van der Waals surface area contributed by atoms with Gasteiger partial charge in [-0.2, -0.15) is 0 Å². The second kappa shape index (κ2) is 6.32. The van der Waals surface area contributed by atoms with E-state index in [0.29, 0.717) is 5.88 Å². The number of methoxy groups -OCH3 is 2. The topological polar surface area (TPSA) is 70.5 Å². The Labute approximate surface area is 118 Å². The number of aromatic nitrogens is 1. The third-order valence-corrected chi connectivity index (χ3v) is 3.32. The van der Waals surface area contributed by atoms with Crippen LogP contribution >= 0.6 is 0 Å². The third kappa shape index (κ3) is 3.04. The minimum absolute atomic E-state index is 0.422. The Morgan fingerprint density at radius 1 is 1.10 bits per heavy atom. The maximum Gasteiger partial charge on any atom is 0.225 e. The van der Waals surface area contributed by atoms with Crippen LogP contribution < -0.4 is 15.2 Å². The molecule has 0 aliphatic carbocycles. The van der Waals surface area contributed by atoms with Gasteiger partial charge in [0.25, 0.3) is 0 Å². The predicted octanol–water partition coefficient (Wildman–Crippen LogP) is 2.62. The molecule has 108 valence electrons. The summed E-state index contributed by atoms with van der Waals surface area (Å²) < 4.78 is 15.6. The summed E-state index contributed by atoms with van der Waals surface area (Å²) in [5.74, 6) is 2.00. The second-order valence-corrected chi connectivity index (χ2v) is 4.55. The summed E-state index contributed by atoms with van der Waals surface area (Å²) in [6, 6.07) is 5.85. The molecule has 1 aromatic heterocycles. The van der Waals surface area contributed by atoms with Crippen LogP contribution in [0.3, 0.4) is 0 Å². The second-order valence-electron chi connectivity index (χ2n) is 4.55. The van der Waals surface area contributed by atoms with E-state index in [1.54, 1.807) is 14.2 Å². The van der Waals surface area contributed by atoms with Crippen LogP contribution in [0.4, 0.5) is 5.88 Å². The Morgan fingerprint density at radius 2 is 1.75 bits per heavy atom. The molecule has 2 rings (SSSR count). The largest absolute Gasteiger partial charge is 0.497 e. The van der Waals surface area contributed by atoms with Gasteiger partial charge in [0.2, 0.25) is 5.88 Å². The lowest BCUT2D eigenvalue weighted by atomic mass is 10.0. The van der Waals surface area contributed by atoms with Crippen LogP contribution in [0.25, 0.3) is 0 Å². The molecule has 1 aromatic carbocycles. The molecule has 0 aliphatic heterocycles. The smallest absolute Gasteiger partial charge is 0.225 e. The number of rotatable bonds is 6. The fourth-order valence-electron chi connectivity index (χ4n) is 2.20. The van der Waals surface area contributed by atoms with Crippen molar-refractivity contribution in [3.05, 3.63) is 35.0 Å². The van der Waals surface area contributed by atoms with Crippen molar-refractivity contribution in [3.8, 4) is 11.5 Å². The fraction of sp³-hybridized carbons (Fsp3) is 0.400. The number of nitrogens with two attached hydrogens (primary N) is 1. The number of nitrogen functional groups attached to an aromatic ring is 1. The first-order valence-corrected chi connectivity index (χ1v) is 6.62. The Hall–Kier alpha value is -2.17. The first-order valence-electron chi connectivity index (χ1n) is 6.62. The molecule has 0 spiro atoms. The third-order valence-electron chi connectivity index (χ3n) is 3.32. The minimum Gasteiger partial charge on any atom is -0.497 e. The van der Waals surface area contributed by atoms with Gasteiger partial charge in [0, 0.05) is 11.6 Å². The van der Waals surface area contributed by atoms with Gasteiger partial charge in [0.05, 0.1) is 19.9 Å². The summed E-state index contributed by atoms with van der Waals surface area (Å²) in [7, 11) is 3.29. The maximum absolute atomic E-state index is 5.74. The van der Waals surface area contributed by atoms with Crippen LogP contribution in [-0.4, -0.2) is 19.4 Å². The number of benzene rings is 1. The van der Waals surface area contributed by atoms with E-state index in [2.05, 4.69) is 5.16 Å². The number of ether oxygens (including phenoxy) is 2. The first kappa shape index (κ1) is 14.2. The van der Waals surface area contributed by atoms with Crippen LogP contribution in [0, 0.1) is 0 Å². The van der Waals surface area contributed by atoms with Crippen molar-refractivity contribution >= 4 is 5.88 Å². The average Bonchev–Trinajstić information content (AvgIpc) is 2.84. The van der Waals surface area contributed by atoms with Gasteiger partial charge in [0.15, 0.2) is 0 Å². The first-order chi connectivity index (χ1) is 9.67. The molecule has 2 N–H and O–H groups in total. The van der Waals surface area contributed by atoms with Crippen LogP contribution in [0.5, 0.6) is 11.5 Å². The molecule has 0 saturated carbocycles. The SMILES string of the molecule is CCc1c(CCc2cc(OC)cc(OC)c2)noc1N. The van der Waals surface area contributed by atoms with Crippen molar-refractivity contribution in [2.45, 2.75) is 26.2 Å². The van der Waals surface area contributed by atoms with Gasteiger partial charge in [-0.1, -0.05) is 12.1 Å². The molecule has 0 aliphatic rings. The van der Waals surface area contributed by atoms with Crippen molar-refractivity contribution in [1.82, 2.24) is 5.16 Å². The quantitative estimate of drug-likeness (QED) is 0.878. The number of nitrogens with zero attached hydrogens (tertiary/aromatic N) is 1. The molecule has 0 amide bonds. The van der Waals surface area contributed by atoms with Gasteiger partial charge in [-0.25, -0.2) is 0 Å². The van der Waals surface area contributed by atoms with E-state index in [4.69, 9.17) is 19.7 Å². The van der Waals surface area contributed by atoms with Crippen molar-refractivity contribution in [3.63, 3.8) is 0 Å². The van der Waals surface area contributed by atoms with E-state index in [9.17, 15) is 0 Å². The van der Waals surface area contributed by atoms with E-state index in [0.717, 1.165) is 47.6 Å². The van der Waals surface area contributed by atoms with Crippen molar-refractivity contribution in [1.29, 1.82) is 0 Å². The standard InChI is InChI=1S/C15H20N2O3/c1-4-13-14(17-20-15(13)16)6-5-10-7-11(18-2)9-12(8-10)19-3/h7-9H,4-6,16H2,1-3H3. The lowest BCUT2D eigenvalue weighted by molar-refractivity contribution is 0.393. The molecular formula is C15H20N2O3.